The number of carbonyl (C=O) groups is 4. The van der Waals surface area contributed by atoms with Crippen LogP contribution in [0.4, 0.5) is 0 Å². The molecule has 0 aromatic carbocycles. The van der Waals surface area contributed by atoms with Gasteiger partial charge in [0.2, 0.25) is 11.8 Å². The predicted octanol–water partition coefficient (Wildman–Crippen LogP) is 3.01. The van der Waals surface area contributed by atoms with Gasteiger partial charge in [-0.3, -0.25) is 29.1 Å². The van der Waals surface area contributed by atoms with Gasteiger partial charge in [-0.05, 0) is 39.2 Å². The Hall–Kier alpha value is -4.30. The Bertz CT molecular complexity index is 2170. The Morgan fingerprint density at radius 2 is 1.34 bits per heavy atom. The summed E-state index contributed by atoms with van der Waals surface area (Å²) in [7, 11) is 1.32. The molecule has 3 aromatic heterocycles. The first-order chi connectivity index (χ1) is 27.8. The number of hydrogen-bond acceptors (Lipinski definition) is 11. The molecule has 15 nitrogen and oxygen atoms in total. The van der Waals surface area contributed by atoms with E-state index in [9.17, 15) is 19.2 Å². The molecule has 0 spiro atoms. The van der Waals surface area contributed by atoms with Crippen molar-refractivity contribution in [3.63, 3.8) is 0 Å². The number of ether oxygens (including phenoxy) is 1. The second-order valence-electron chi connectivity index (χ2n) is 15.3. The molecule has 2 amide bonds. The fourth-order valence-electron chi connectivity index (χ4n) is 8.16. The first-order valence-corrected chi connectivity index (χ1v) is 20.4. The van der Waals surface area contributed by atoms with Crippen LogP contribution in [0.25, 0.3) is 22.1 Å². The van der Waals surface area contributed by atoms with Crippen LogP contribution in [0, 0.1) is 13.8 Å². The van der Waals surface area contributed by atoms with Crippen LogP contribution in [-0.4, -0.2) is 93.0 Å². The van der Waals surface area contributed by atoms with Crippen LogP contribution >= 0.6 is 0 Å². The van der Waals surface area contributed by atoms with E-state index in [1.54, 1.807) is 6.92 Å². The summed E-state index contributed by atoms with van der Waals surface area (Å²) in [5, 5.41) is 12.4. The summed E-state index contributed by atoms with van der Waals surface area (Å²) < 4.78 is 5.23. The van der Waals surface area contributed by atoms with E-state index < -0.39 is 5.97 Å². The number of nitrogens with two attached hydrogens (primary N) is 2. The van der Waals surface area contributed by atoms with Gasteiger partial charge >= 0.3 is 26.4 Å². The number of aryl methyl sites for hydroxylation is 2. The molecule has 5 rings (SSSR count). The number of carbonyl (C=O) groups excluding carboxylic acids is 4. The molecule has 0 saturated heterocycles. The maximum atomic E-state index is 14.3. The van der Waals surface area contributed by atoms with Crippen molar-refractivity contribution in [1.82, 2.24) is 41.2 Å². The molecule has 0 fully saturated rings. The third-order valence-corrected chi connectivity index (χ3v) is 11.4. The van der Waals surface area contributed by atoms with E-state index in [1.165, 1.54) is 7.11 Å². The Kier molecular flexibility index (Phi) is 17.5. The minimum Gasteiger partial charge on any atom is -0.657 e. The van der Waals surface area contributed by atoms with E-state index >= 15 is 0 Å². The van der Waals surface area contributed by atoms with Crippen LogP contribution in [0.3, 0.4) is 0 Å². The maximum Gasteiger partial charge on any atom is 2.00 e. The quantitative estimate of drug-likeness (QED) is 0.0468. The van der Waals surface area contributed by atoms with Crippen molar-refractivity contribution >= 4 is 45.6 Å². The molecule has 2 aliphatic rings. The molecule has 322 valence electrons. The second kappa shape index (κ2) is 21.8. The number of Topliss-reactive ketones (excluding diaryl/α,β-unsaturated/α-hetero) is 1. The summed E-state index contributed by atoms with van der Waals surface area (Å²) in [6.07, 6.45) is 1.17. The third kappa shape index (κ3) is 10.9. The van der Waals surface area contributed by atoms with Crippen molar-refractivity contribution in [3.8, 4) is 0 Å². The topological polar surface area (TPSA) is 232 Å². The smallest absolute Gasteiger partial charge is 0.657 e. The number of nitrogens with one attached hydrogen (secondary N) is 4. The molecular weight excluding hydrogens is 843 g/mol. The number of esters is 1. The fraction of sp³-hybridized carbons (Fsp3) is 0.535. The van der Waals surface area contributed by atoms with Crippen molar-refractivity contribution in [2.45, 2.75) is 90.9 Å². The van der Waals surface area contributed by atoms with Crippen molar-refractivity contribution in [2.24, 2.45) is 11.5 Å². The van der Waals surface area contributed by atoms with Crippen molar-refractivity contribution < 1.29 is 44.3 Å². The molecule has 0 unspecified atom stereocenters. The molecule has 2 aliphatic heterocycles. The van der Waals surface area contributed by atoms with Crippen LogP contribution in [0.1, 0.15) is 131 Å². The summed E-state index contributed by atoms with van der Waals surface area (Å²) in [6, 6.07) is 5.74. The number of rotatable bonds is 18. The van der Waals surface area contributed by atoms with Crippen LogP contribution in [0.15, 0.2) is 18.2 Å². The van der Waals surface area contributed by atoms with Gasteiger partial charge in [0.1, 0.15) is 0 Å². The number of ketones is 1. The van der Waals surface area contributed by atoms with Gasteiger partial charge in [0.15, 0.2) is 5.78 Å². The fourth-order valence-corrected chi connectivity index (χ4v) is 8.16. The molecule has 59 heavy (non-hydrogen) atoms. The first-order valence-electron chi connectivity index (χ1n) is 20.4. The molecule has 16 heteroatoms. The Labute approximate surface area is 360 Å². The minimum atomic E-state index is -0.527. The van der Waals surface area contributed by atoms with Crippen LogP contribution in [0.5, 0.6) is 0 Å². The monoisotopic (exact) mass is 902 g/mol. The zero-order valence-corrected chi connectivity index (χ0v) is 36.9. The van der Waals surface area contributed by atoms with Gasteiger partial charge in [-0.2, -0.15) is 0 Å². The van der Waals surface area contributed by atoms with E-state index in [4.69, 9.17) is 36.1 Å². The molecule has 4 atom stereocenters. The van der Waals surface area contributed by atoms with E-state index in [1.807, 2.05) is 39.0 Å². The minimum absolute atomic E-state index is 0. The summed E-state index contributed by atoms with van der Waals surface area (Å²) >= 11 is 0. The summed E-state index contributed by atoms with van der Waals surface area (Å²) in [5.41, 5.74) is 18.8. The largest absolute Gasteiger partial charge is 2.00 e. The average molecular weight is 903 g/mol. The Balaban J connectivity index is 0.00000769. The number of fused-ring (bicyclic) bond motifs is 8. The Morgan fingerprint density at radius 1 is 0.763 bits per heavy atom. The molecule has 8 N–H and O–H groups in total. The van der Waals surface area contributed by atoms with E-state index in [0.717, 1.165) is 23.4 Å². The predicted molar refractivity (Wildman–Crippen MR) is 225 cm³/mol. The second-order valence-corrected chi connectivity index (χ2v) is 15.3. The average Bonchev–Trinajstić information content (AvgIpc) is 3.88. The van der Waals surface area contributed by atoms with Crippen LogP contribution < -0.4 is 42.7 Å². The standard InChI is InChI=1S/C43H62N10O5.Pd/c1-8-28-23(2)31-22-36-39(27(6)54)25(4)33(51-36)20-32-24(3)29(9-10-37(55)48-17-15-46-13-11-44)41(52-32)30(19-38(56)58-7)42-40(43(57)49-18-16-47-14-12-45)26(5)34(53-42)21-35(28)50-31;/h20-24,28-29,46-47H,8-19,44-45H2,1-7H3,(H4,48,49,50,51,52,53,54,55,57);/q;+2/p-2/t23-,24+,28-,29+;/m1./s1. The van der Waals surface area contributed by atoms with Gasteiger partial charge in [0, 0.05) is 116 Å². The molecule has 0 aliphatic carbocycles. The normalized spacial score (nSPS) is 17.3. The van der Waals surface area contributed by atoms with Gasteiger partial charge < -0.3 is 47.4 Å². The SMILES string of the molecule is CC[C@H]1c2cc3[n-]c(c(CC(=O)OC)c4nc(cc5[n-]c(cc(n2)[C@@H]1C)c(C(C)=O)c5C)[C@@H](C)[C@@H]4CCC(=O)NCCNCCN)c(C(=O)NCCNCCN)c3C.[Pd+2]. The number of amides is 2. The number of hydrogen-bond donors (Lipinski definition) is 6. The van der Waals surface area contributed by atoms with Crippen molar-refractivity contribution in [2.75, 3.05) is 59.5 Å². The summed E-state index contributed by atoms with van der Waals surface area (Å²) in [5.74, 6) is -1.62. The van der Waals surface area contributed by atoms with Gasteiger partial charge in [0.05, 0.1) is 13.5 Å². The molecule has 8 bridgehead atoms. The van der Waals surface area contributed by atoms with E-state index in [2.05, 4.69) is 35.1 Å². The molecule has 5 heterocycles. The van der Waals surface area contributed by atoms with E-state index in [0.29, 0.717) is 114 Å². The van der Waals surface area contributed by atoms with Crippen LogP contribution in [-0.2, 0) is 41.2 Å². The summed E-state index contributed by atoms with van der Waals surface area (Å²) in [4.78, 5) is 74.5. The van der Waals surface area contributed by atoms with E-state index in [-0.39, 0.29) is 74.5 Å². The Morgan fingerprint density at radius 3 is 1.97 bits per heavy atom. The maximum absolute atomic E-state index is 14.3. The number of methoxy groups -OCH3 is 1. The van der Waals surface area contributed by atoms with Crippen molar-refractivity contribution in [3.05, 3.63) is 68.8 Å². The molecule has 3 aromatic rings. The number of aromatic nitrogens is 4. The van der Waals surface area contributed by atoms with Gasteiger partial charge in [-0.15, -0.1) is 22.1 Å². The first kappa shape index (κ1) is 47.4. The third-order valence-electron chi connectivity index (χ3n) is 11.4. The number of nitrogens with zero attached hydrogens (tertiary/aromatic N) is 4. The van der Waals surface area contributed by atoms with Gasteiger partial charge in [0.25, 0.3) is 0 Å². The zero-order valence-electron chi connectivity index (χ0n) is 35.3. The zero-order chi connectivity index (χ0) is 42.1. The van der Waals surface area contributed by atoms with Crippen molar-refractivity contribution in [1.29, 1.82) is 0 Å². The van der Waals surface area contributed by atoms with Gasteiger partial charge in [-0.25, -0.2) is 0 Å². The summed E-state index contributed by atoms with van der Waals surface area (Å²) in [6.45, 7) is 15.7. The van der Waals surface area contributed by atoms with Gasteiger partial charge in [-0.1, -0.05) is 50.1 Å². The molecular formula is C43H60N10O5Pd. The molecule has 0 radical (unpaired) electrons. The van der Waals surface area contributed by atoms with Crippen LogP contribution in [0.2, 0.25) is 0 Å². The molecule has 0 saturated carbocycles.